The summed E-state index contributed by atoms with van der Waals surface area (Å²) in [6.07, 6.45) is 0. The summed E-state index contributed by atoms with van der Waals surface area (Å²) in [6, 6.07) is 0. The second-order valence-corrected chi connectivity index (χ2v) is 2.57. The van der Waals surface area contributed by atoms with Crippen LogP contribution in [0.1, 0.15) is 27.7 Å². The second-order valence-electron chi connectivity index (χ2n) is 2.57. The Morgan fingerprint density at radius 1 is 1.50 bits per heavy atom. The Balaban J connectivity index is 4.27. The van der Waals surface area contributed by atoms with Gasteiger partial charge in [-0.1, -0.05) is 13.8 Å². The number of carbonyl (C=O) groups excluding carboxylic acids is 1. The second kappa shape index (κ2) is 4.20. The van der Waals surface area contributed by atoms with Crippen LogP contribution in [-0.4, -0.2) is 18.0 Å². The smallest absolute Gasteiger partial charge is 0.173 e. The SMILES string of the molecule is CCN=C(C(C)=O)C(C)C. The van der Waals surface area contributed by atoms with Crippen molar-refractivity contribution in [2.45, 2.75) is 27.7 Å². The summed E-state index contributed by atoms with van der Waals surface area (Å²) in [5.41, 5.74) is 0.711. The maximum absolute atomic E-state index is 10.8. The first-order valence-electron chi connectivity index (χ1n) is 3.64. The molecule has 0 saturated carbocycles. The van der Waals surface area contributed by atoms with Crippen LogP contribution in [0.25, 0.3) is 0 Å². The van der Waals surface area contributed by atoms with E-state index in [9.17, 15) is 4.79 Å². The lowest BCUT2D eigenvalue weighted by atomic mass is 10.1. The van der Waals surface area contributed by atoms with Crippen LogP contribution in [0.2, 0.25) is 0 Å². The van der Waals surface area contributed by atoms with E-state index in [0.29, 0.717) is 12.3 Å². The third-order valence-corrected chi connectivity index (χ3v) is 1.24. The largest absolute Gasteiger partial charge is 0.293 e. The van der Waals surface area contributed by atoms with Gasteiger partial charge in [-0.2, -0.15) is 0 Å². The molecule has 0 heterocycles. The molecule has 0 rings (SSSR count). The van der Waals surface area contributed by atoms with Gasteiger partial charge in [0.25, 0.3) is 0 Å². The molecule has 0 aliphatic rings. The molecule has 0 unspecified atom stereocenters. The minimum atomic E-state index is 0.0943. The number of aliphatic imine (C=N–C) groups is 1. The molecule has 0 aromatic rings. The van der Waals surface area contributed by atoms with E-state index in [2.05, 4.69) is 4.99 Å². The van der Waals surface area contributed by atoms with Crippen LogP contribution in [-0.2, 0) is 4.79 Å². The van der Waals surface area contributed by atoms with Crippen LogP contribution in [0.5, 0.6) is 0 Å². The van der Waals surface area contributed by atoms with E-state index in [0.717, 1.165) is 0 Å². The molecule has 0 aromatic heterocycles. The quantitative estimate of drug-likeness (QED) is 0.550. The highest BCUT2D eigenvalue weighted by Gasteiger charge is 2.08. The molecule has 2 heteroatoms. The van der Waals surface area contributed by atoms with E-state index in [-0.39, 0.29) is 11.7 Å². The molecule has 0 atom stereocenters. The lowest BCUT2D eigenvalue weighted by Gasteiger charge is -2.04. The molecule has 0 N–H and O–H groups in total. The normalized spacial score (nSPS) is 12.3. The number of hydrogen-bond acceptors (Lipinski definition) is 2. The Labute approximate surface area is 62.4 Å². The molecular formula is C8H15NO. The third-order valence-electron chi connectivity index (χ3n) is 1.24. The summed E-state index contributed by atoms with van der Waals surface area (Å²) in [5.74, 6) is 0.356. The topological polar surface area (TPSA) is 29.4 Å². The summed E-state index contributed by atoms with van der Waals surface area (Å²) in [5, 5.41) is 0. The van der Waals surface area contributed by atoms with Crippen LogP contribution in [0.15, 0.2) is 4.99 Å². The number of carbonyl (C=O) groups is 1. The summed E-state index contributed by atoms with van der Waals surface area (Å²) in [4.78, 5) is 14.9. The Hall–Kier alpha value is -0.660. The zero-order chi connectivity index (χ0) is 8.15. The van der Waals surface area contributed by atoms with Gasteiger partial charge < -0.3 is 0 Å². The van der Waals surface area contributed by atoms with Crippen molar-refractivity contribution in [2.75, 3.05) is 6.54 Å². The van der Waals surface area contributed by atoms with Gasteiger partial charge in [0.2, 0.25) is 0 Å². The van der Waals surface area contributed by atoms with Crippen LogP contribution in [0.4, 0.5) is 0 Å². The average molecular weight is 141 g/mol. The molecule has 58 valence electrons. The first-order valence-corrected chi connectivity index (χ1v) is 3.64. The monoisotopic (exact) mass is 141 g/mol. The molecule has 0 fully saturated rings. The fraction of sp³-hybridized carbons (Fsp3) is 0.750. The highest BCUT2D eigenvalue weighted by atomic mass is 16.1. The van der Waals surface area contributed by atoms with E-state index in [1.165, 1.54) is 0 Å². The van der Waals surface area contributed by atoms with Crippen LogP contribution >= 0.6 is 0 Å². The molecule has 0 aromatic carbocycles. The number of rotatable bonds is 3. The van der Waals surface area contributed by atoms with E-state index in [4.69, 9.17) is 0 Å². The van der Waals surface area contributed by atoms with Crippen molar-refractivity contribution in [3.63, 3.8) is 0 Å². The van der Waals surface area contributed by atoms with Crippen LogP contribution in [0, 0.1) is 5.92 Å². The maximum atomic E-state index is 10.8. The molecule has 0 amide bonds. The van der Waals surface area contributed by atoms with Crippen molar-refractivity contribution < 1.29 is 4.79 Å². The minimum Gasteiger partial charge on any atom is -0.293 e. The first-order chi connectivity index (χ1) is 4.59. The van der Waals surface area contributed by atoms with Gasteiger partial charge in [0.15, 0.2) is 5.78 Å². The van der Waals surface area contributed by atoms with E-state index in [1.54, 1.807) is 6.92 Å². The fourth-order valence-electron chi connectivity index (χ4n) is 0.871. The van der Waals surface area contributed by atoms with Crippen molar-refractivity contribution in [1.29, 1.82) is 0 Å². The summed E-state index contributed by atoms with van der Waals surface area (Å²) >= 11 is 0. The van der Waals surface area contributed by atoms with Gasteiger partial charge in [0.1, 0.15) is 0 Å². The highest BCUT2D eigenvalue weighted by Crippen LogP contribution is 1.98. The Morgan fingerprint density at radius 2 is 2.00 bits per heavy atom. The predicted molar refractivity (Wildman–Crippen MR) is 43.5 cm³/mol. The average Bonchev–Trinajstić information content (AvgIpc) is 1.81. The van der Waals surface area contributed by atoms with Crippen molar-refractivity contribution in [1.82, 2.24) is 0 Å². The van der Waals surface area contributed by atoms with Crippen molar-refractivity contribution >= 4 is 11.5 Å². The van der Waals surface area contributed by atoms with Gasteiger partial charge in [-0.3, -0.25) is 9.79 Å². The maximum Gasteiger partial charge on any atom is 0.173 e. The number of Topliss-reactive ketones (excluding diaryl/α,β-unsaturated/α-hetero) is 1. The number of hydrogen-bond donors (Lipinski definition) is 0. The highest BCUT2D eigenvalue weighted by molar-refractivity contribution is 6.39. The van der Waals surface area contributed by atoms with Gasteiger partial charge >= 0.3 is 0 Å². The van der Waals surface area contributed by atoms with Crippen LogP contribution < -0.4 is 0 Å². The van der Waals surface area contributed by atoms with E-state index >= 15 is 0 Å². The van der Waals surface area contributed by atoms with Crippen molar-refractivity contribution in [2.24, 2.45) is 10.9 Å². The molecule has 0 saturated heterocycles. The van der Waals surface area contributed by atoms with Gasteiger partial charge in [-0.15, -0.1) is 0 Å². The molecule has 0 spiro atoms. The van der Waals surface area contributed by atoms with Gasteiger partial charge in [0, 0.05) is 13.5 Å². The molecule has 0 radical (unpaired) electrons. The summed E-state index contributed by atoms with van der Waals surface area (Å²) in [7, 11) is 0. The Morgan fingerprint density at radius 3 is 2.10 bits per heavy atom. The molecule has 10 heavy (non-hydrogen) atoms. The van der Waals surface area contributed by atoms with E-state index in [1.807, 2.05) is 20.8 Å². The number of nitrogens with zero attached hydrogens (tertiary/aromatic N) is 1. The Kier molecular flexibility index (Phi) is 3.93. The zero-order valence-corrected chi connectivity index (χ0v) is 7.14. The predicted octanol–water partition coefficient (Wildman–Crippen LogP) is 1.69. The third kappa shape index (κ3) is 2.76. The first kappa shape index (κ1) is 9.34. The number of ketones is 1. The lowest BCUT2D eigenvalue weighted by molar-refractivity contribution is -0.111. The van der Waals surface area contributed by atoms with Gasteiger partial charge in [-0.05, 0) is 12.8 Å². The van der Waals surface area contributed by atoms with E-state index < -0.39 is 0 Å². The molecule has 0 aliphatic carbocycles. The standard InChI is InChI=1S/C8H15NO/c1-5-9-8(6(2)3)7(4)10/h6H,5H2,1-4H3. The summed E-state index contributed by atoms with van der Waals surface area (Å²) in [6.45, 7) is 8.17. The molecule has 0 aliphatic heterocycles. The summed E-state index contributed by atoms with van der Waals surface area (Å²) < 4.78 is 0. The minimum absolute atomic E-state index is 0.0943. The van der Waals surface area contributed by atoms with Crippen molar-refractivity contribution in [3.05, 3.63) is 0 Å². The lowest BCUT2D eigenvalue weighted by Crippen LogP contribution is -2.17. The fourth-order valence-corrected chi connectivity index (χ4v) is 0.871. The van der Waals surface area contributed by atoms with Crippen molar-refractivity contribution in [3.8, 4) is 0 Å². The van der Waals surface area contributed by atoms with Gasteiger partial charge in [0.05, 0.1) is 5.71 Å². The van der Waals surface area contributed by atoms with Crippen LogP contribution in [0.3, 0.4) is 0 Å². The molecule has 2 nitrogen and oxygen atoms in total. The molecule has 0 bridgehead atoms. The van der Waals surface area contributed by atoms with Gasteiger partial charge in [-0.25, -0.2) is 0 Å². The zero-order valence-electron chi connectivity index (χ0n) is 7.14. The Bertz CT molecular complexity index is 147. The molecular weight excluding hydrogens is 126 g/mol.